The van der Waals surface area contributed by atoms with Crippen molar-refractivity contribution in [3.63, 3.8) is 0 Å². The van der Waals surface area contributed by atoms with Gasteiger partial charge in [-0.3, -0.25) is 9.48 Å². The molecule has 5 rings (SSSR count). The van der Waals surface area contributed by atoms with Crippen LogP contribution in [0.5, 0.6) is 5.88 Å². The van der Waals surface area contributed by atoms with Gasteiger partial charge in [0.05, 0.1) is 52.8 Å². The highest BCUT2D eigenvalue weighted by Crippen LogP contribution is 2.38. The van der Waals surface area contributed by atoms with E-state index in [0.717, 1.165) is 39.0 Å². The first kappa shape index (κ1) is 32.7. The number of benzene rings is 1. The zero-order chi connectivity index (χ0) is 32.0. The van der Waals surface area contributed by atoms with Crippen molar-refractivity contribution in [1.82, 2.24) is 34.0 Å². The van der Waals surface area contributed by atoms with Crippen molar-refractivity contribution in [2.24, 2.45) is 14.1 Å². The number of halogens is 1. The van der Waals surface area contributed by atoms with Gasteiger partial charge in [0, 0.05) is 38.6 Å². The van der Waals surface area contributed by atoms with Crippen molar-refractivity contribution in [2.75, 3.05) is 20.2 Å². The molecule has 234 valence electrons. The maximum atomic E-state index is 13.0. The van der Waals surface area contributed by atoms with Gasteiger partial charge in [0.2, 0.25) is 5.88 Å². The molecular weight excluding hydrogens is 691 g/mol. The SMILES string of the molecule is Cc1nn(C)c(C(=O)N(C)CCCOc2c(-c3ccc4c(c3)c(/C=C/B3OC(C)(C)C(C)(C)O3)nn4PI)cnn2C)c1C. The van der Waals surface area contributed by atoms with E-state index in [4.69, 9.17) is 19.1 Å². The van der Waals surface area contributed by atoms with Crippen LogP contribution in [0.15, 0.2) is 30.4 Å². The first-order valence-corrected chi connectivity index (χ1v) is 18.6. The van der Waals surface area contributed by atoms with Gasteiger partial charge < -0.3 is 18.9 Å². The summed E-state index contributed by atoms with van der Waals surface area (Å²) < 4.78 is 24.0. The molecule has 0 radical (unpaired) electrons. The number of nitrogens with zero attached hydrogens (tertiary/aromatic N) is 7. The number of fused-ring (bicyclic) bond motifs is 1. The summed E-state index contributed by atoms with van der Waals surface area (Å²) in [7, 11) is 5.03. The van der Waals surface area contributed by atoms with Crippen LogP contribution >= 0.6 is 28.4 Å². The standard InChI is InChI=1S/C30H40BIN7O4P/c1-19-20(2)34-37(8)26(19)27(40)36(7)15-10-16-41-28-23(18-33-38(28)9)21-11-12-25-22(17-21)24(35-39(25)44-32)13-14-31-42-29(3,4)30(5,6)43-31/h11-14,17-18,44H,10,15-16H2,1-9H3/b14-13+. The molecule has 1 aliphatic heterocycles. The molecule has 0 bridgehead atoms. The third-order valence-corrected chi connectivity index (χ3v) is 10.5. The van der Waals surface area contributed by atoms with Gasteiger partial charge in [0.1, 0.15) is 5.69 Å². The first-order chi connectivity index (χ1) is 20.7. The van der Waals surface area contributed by atoms with E-state index in [1.165, 1.54) is 0 Å². The molecule has 1 unspecified atom stereocenters. The van der Waals surface area contributed by atoms with Crippen LogP contribution < -0.4 is 4.74 Å². The predicted octanol–water partition coefficient (Wildman–Crippen LogP) is 5.76. The van der Waals surface area contributed by atoms with E-state index in [2.05, 4.69) is 50.4 Å². The van der Waals surface area contributed by atoms with Gasteiger partial charge in [-0.1, -0.05) is 12.0 Å². The third-order valence-electron chi connectivity index (χ3n) is 8.61. The van der Waals surface area contributed by atoms with Crippen molar-refractivity contribution < 1.29 is 18.8 Å². The van der Waals surface area contributed by atoms with Gasteiger partial charge in [-0.05, 0) is 93.8 Å². The number of ether oxygens (including phenoxy) is 1. The van der Waals surface area contributed by atoms with E-state index in [1.807, 2.05) is 78.3 Å². The molecule has 1 amide bonds. The number of hydrogen-bond acceptors (Lipinski definition) is 7. The molecule has 44 heavy (non-hydrogen) atoms. The highest BCUT2D eigenvalue weighted by molar-refractivity contribution is 14.2. The lowest BCUT2D eigenvalue weighted by Crippen LogP contribution is -2.41. The average molecular weight is 731 g/mol. The largest absolute Gasteiger partial charge is 0.487 e. The second-order valence-corrected chi connectivity index (χ2v) is 14.2. The summed E-state index contributed by atoms with van der Waals surface area (Å²) in [5.74, 6) is 2.56. The molecule has 0 saturated carbocycles. The Balaban J connectivity index is 1.31. The zero-order valence-electron chi connectivity index (χ0n) is 26.8. The van der Waals surface area contributed by atoms with Crippen molar-refractivity contribution in [2.45, 2.75) is 59.2 Å². The van der Waals surface area contributed by atoms with E-state index in [9.17, 15) is 4.79 Å². The lowest BCUT2D eigenvalue weighted by Gasteiger charge is -2.32. The summed E-state index contributed by atoms with van der Waals surface area (Å²) in [5.41, 5.74) is 5.36. The molecule has 0 N–H and O–H groups in total. The minimum absolute atomic E-state index is 0.0453. The van der Waals surface area contributed by atoms with Crippen LogP contribution in [0, 0.1) is 13.8 Å². The Morgan fingerprint density at radius 3 is 2.48 bits per heavy atom. The fourth-order valence-corrected chi connectivity index (χ4v) is 6.78. The van der Waals surface area contributed by atoms with Crippen LogP contribution in [0.4, 0.5) is 0 Å². The molecule has 4 aromatic rings. The van der Waals surface area contributed by atoms with E-state index < -0.39 is 18.3 Å². The number of rotatable bonds is 10. The summed E-state index contributed by atoms with van der Waals surface area (Å²) in [6, 6.07) is 6.30. The van der Waals surface area contributed by atoms with Crippen LogP contribution in [-0.4, -0.2) is 78.4 Å². The molecule has 0 spiro atoms. The molecule has 14 heteroatoms. The van der Waals surface area contributed by atoms with Gasteiger partial charge >= 0.3 is 7.12 Å². The average Bonchev–Trinajstić information content (AvgIpc) is 3.65. The predicted molar refractivity (Wildman–Crippen MR) is 185 cm³/mol. The van der Waals surface area contributed by atoms with E-state index in [0.29, 0.717) is 37.5 Å². The van der Waals surface area contributed by atoms with Crippen LogP contribution in [0.2, 0.25) is 0 Å². The van der Waals surface area contributed by atoms with Gasteiger partial charge in [-0.2, -0.15) is 15.3 Å². The van der Waals surface area contributed by atoms with Gasteiger partial charge in [-0.15, -0.1) is 0 Å². The summed E-state index contributed by atoms with van der Waals surface area (Å²) in [5, 5.41) is 14.7. The van der Waals surface area contributed by atoms with E-state index in [-0.39, 0.29) is 5.91 Å². The van der Waals surface area contributed by atoms with Crippen LogP contribution in [-0.2, 0) is 23.4 Å². The molecule has 1 fully saturated rings. The van der Waals surface area contributed by atoms with Crippen molar-refractivity contribution in [3.8, 4) is 17.0 Å². The number of aromatic nitrogens is 6. The Morgan fingerprint density at radius 2 is 1.84 bits per heavy atom. The molecular formula is C30H40BIN7O4P. The Kier molecular flexibility index (Phi) is 9.33. The quantitative estimate of drug-likeness (QED) is 0.0885. The molecule has 1 aliphatic rings. The normalized spacial score (nSPS) is 16.3. The first-order valence-electron chi connectivity index (χ1n) is 14.6. The smallest absolute Gasteiger partial charge is 0.477 e. The summed E-state index contributed by atoms with van der Waals surface area (Å²) in [6.07, 6.45) is 4.92. The minimum atomic E-state index is -0.449. The summed E-state index contributed by atoms with van der Waals surface area (Å²) in [6.45, 7) is 13.0. The topological polar surface area (TPSA) is 101 Å². The zero-order valence-corrected chi connectivity index (χ0v) is 30.0. The fraction of sp³-hybridized carbons (Fsp3) is 0.467. The minimum Gasteiger partial charge on any atom is -0.477 e. The van der Waals surface area contributed by atoms with E-state index >= 15 is 0 Å². The molecule has 1 aromatic carbocycles. The Hall–Kier alpha value is -2.74. The molecule has 1 atom stereocenters. The van der Waals surface area contributed by atoms with Gasteiger partial charge in [-0.25, -0.2) is 9.13 Å². The number of carbonyl (C=O) groups is 1. The maximum Gasteiger partial charge on any atom is 0.487 e. The highest BCUT2D eigenvalue weighted by Gasteiger charge is 2.50. The second-order valence-electron chi connectivity index (χ2n) is 12.2. The van der Waals surface area contributed by atoms with E-state index in [1.54, 1.807) is 21.3 Å². The van der Waals surface area contributed by atoms with Crippen molar-refractivity contribution in [3.05, 3.63) is 53.0 Å². The Labute approximate surface area is 273 Å². The molecule has 3 aromatic heterocycles. The summed E-state index contributed by atoms with van der Waals surface area (Å²) >= 11 is 2.35. The van der Waals surface area contributed by atoms with Crippen LogP contribution in [0.1, 0.15) is 61.6 Å². The monoisotopic (exact) mass is 731 g/mol. The van der Waals surface area contributed by atoms with Crippen molar-refractivity contribution in [1.29, 1.82) is 0 Å². The number of aryl methyl sites for hydroxylation is 3. The second kappa shape index (κ2) is 12.6. The summed E-state index contributed by atoms with van der Waals surface area (Å²) in [4.78, 5) is 14.8. The maximum absolute atomic E-state index is 13.0. The molecule has 4 heterocycles. The van der Waals surface area contributed by atoms with Crippen molar-refractivity contribution >= 4 is 58.4 Å². The van der Waals surface area contributed by atoms with Gasteiger partial charge in [0.15, 0.2) is 0 Å². The Morgan fingerprint density at radius 1 is 1.14 bits per heavy atom. The molecule has 0 aliphatic carbocycles. The Bertz CT molecular complexity index is 1710. The lowest BCUT2D eigenvalue weighted by molar-refractivity contribution is 0.00578. The van der Waals surface area contributed by atoms with Crippen LogP contribution in [0.25, 0.3) is 28.1 Å². The number of hydrogen-bond donors (Lipinski definition) is 0. The highest BCUT2D eigenvalue weighted by atomic mass is 127. The third kappa shape index (κ3) is 6.20. The van der Waals surface area contributed by atoms with Crippen LogP contribution in [0.3, 0.4) is 0 Å². The lowest BCUT2D eigenvalue weighted by atomic mass is 9.89. The fourth-order valence-electron chi connectivity index (χ4n) is 5.24. The number of amides is 1. The van der Waals surface area contributed by atoms with Gasteiger partial charge in [0.25, 0.3) is 5.91 Å². The number of carbonyl (C=O) groups excluding carboxylic acids is 1. The molecule has 11 nitrogen and oxygen atoms in total. The molecule has 1 saturated heterocycles.